The molecule has 156 valence electrons. The van der Waals surface area contributed by atoms with Gasteiger partial charge in [0.05, 0.1) is 10.6 Å². The number of rotatable bonds is 5. The molecular weight excluding hydrogens is 416 g/mol. The van der Waals surface area contributed by atoms with Crippen molar-refractivity contribution in [2.24, 2.45) is 0 Å². The van der Waals surface area contributed by atoms with Crippen LogP contribution in [0, 0.1) is 25.5 Å². The second-order valence-electron chi connectivity index (χ2n) is 6.46. The minimum absolute atomic E-state index is 0.0278. The predicted octanol–water partition coefficient (Wildman–Crippen LogP) is 3.87. The van der Waals surface area contributed by atoms with E-state index in [0.29, 0.717) is 16.9 Å². The molecule has 0 fully saturated rings. The van der Waals surface area contributed by atoms with Crippen molar-refractivity contribution in [2.75, 3.05) is 6.61 Å². The minimum atomic E-state index is -0.629. The molecule has 0 aliphatic heterocycles. The topological polar surface area (TPSA) is 72.4 Å². The predicted molar refractivity (Wildman–Crippen MR) is 108 cm³/mol. The van der Waals surface area contributed by atoms with Crippen molar-refractivity contribution in [1.82, 2.24) is 15.4 Å². The summed E-state index contributed by atoms with van der Waals surface area (Å²) < 4.78 is 33.2. The number of hydrogen-bond donors (Lipinski definition) is 2. The molecule has 3 aromatic rings. The number of halogens is 3. The molecule has 6 nitrogen and oxygen atoms in total. The molecule has 0 radical (unpaired) electrons. The normalized spacial score (nSPS) is 10.6. The van der Waals surface area contributed by atoms with Gasteiger partial charge in [0, 0.05) is 17.1 Å². The average Bonchev–Trinajstić information content (AvgIpc) is 3.00. The molecule has 0 bridgehead atoms. The number of benzene rings is 2. The monoisotopic (exact) mass is 433 g/mol. The molecule has 0 saturated heterocycles. The fourth-order valence-electron chi connectivity index (χ4n) is 2.95. The quantitative estimate of drug-likeness (QED) is 0.600. The number of nitrogens with one attached hydrogen (secondary N) is 2. The van der Waals surface area contributed by atoms with Gasteiger partial charge in [-0.05, 0) is 62.4 Å². The third-order valence-electron chi connectivity index (χ3n) is 4.33. The number of hydrogen-bond acceptors (Lipinski definition) is 3. The minimum Gasteiger partial charge on any atom is -0.482 e. The van der Waals surface area contributed by atoms with E-state index in [1.165, 1.54) is 18.2 Å². The Hall–Kier alpha value is -3.39. The Morgan fingerprint density at radius 1 is 1.00 bits per heavy atom. The highest BCUT2D eigenvalue weighted by Crippen LogP contribution is 2.24. The molecule has 0 atom stereocenters. The fourth-order valence-corrected chi connectivity index (χ4v) is 3.17. The van der Waals surface area contributed by atoms with Crippen LogP contribution in [0.3, 0.4) is 0 Å². The van der Waals surface area contributed by atoms with Crippen LogP contribution in [-0.2, 0) is 4.79 Å². The summed E-state index contributed by atoms with van der Waals surface area (Å²) in [5, 5.41) is 0.0278. The number of hydrazine groups is 1. The zero-order valence-electron chi connectivity index (χ0n) is 16.1. The number of aromatic nitrogens is 1. The lowest BCUT2D eigenvalue weighted by molar-refractivity contribution is -0.123. The van der Waals surface area contributed by atoms with Crippen molar-refractivity contribution in [3.05, 3.63) is 82.1 Å². The first-order chi connectivity index (χ1) is 14.3. The third-order valence-corrected chi connectivity index (χ3v) is 4.62. The Morgan fingerprint density at radius 2 is 1.67 bits per heavy atom. The van der Waals surface area contributed by atoms with Crippen LogP contribution in [0.25, 0.3) is 5.69 Å². The summed E-state index contributed by atoms with van der Waals surface area (Å²) in [6.45, 7) is 3.12. The molecule has 0 spiro atoms. The number of nitrogens with zero attached hydrogens (tertiary/aromatic N) is 1. The van der Waals surface area contributed by atoms with Gasteiger partial charge in [0.15, 0.2) is 6.61 Å². The van der Waals surface area contributed by atoms with E-state index in [9.17, 15) is 18.4 Å². The zero-order valence-corrected chi connectivity index (χ0v) is 16.9. The van der Waals surface area contributed by atoms with Gasteiger partial charge in [0.25, 0.3) is 11.8 Å². The largest absolute Gasteiger partial charge is 0.482 e. The molecule has 0 saturated carbocycles. The summed E-state index contributed by atoms with van der Waals surface area (Å²) in [7, 11) is 0. The molecule has 2 amide bonds. The Labute approximate surface area is 176 Å². The number of aryl methyl sites for hydroxylation is 1. The van der Waals surface area contributed by atoms with Crippen molar-refractivity contribution >= 4 is 23.4 Å². The van der Waals surface area contributed by atoms with Crippen LogP contribution < -0.4 is 15.6 Å². The fraction of sp³-hybridized carbons (Fsp3) is 0.143. The maximum atomic E-state index is 13.2. The van der Waals surface area contributed by atoms with E-state index in [4.69, 9.17) is 16.3 Å². The first-order valence-corrected chi connectivity index (χ1v) is 9.26. The summed E-state index contributed by atoms with van der Waals surface area (Å²) in [4.78, 5) is 24.4. The smallest absolute Gasteiger partial charge is 0.276 e. The van der Waals surface area contributed by atoms with E-state index in [2.05, 4.69) is 10.9 Å². The Kier molecular flexibility index (Phi) is 6.37. The average molecular weight is 434 g/mol. The second-order valence-corrected chi connectivity index (χ2v) is 6.87. The van der Waals surface area contributed by atoms with Gasteiger partial charge in [-0.3, -0.25) is 20.4 Å². The van der Waals surface area contributed by atoms with Gasteiger partial charge in [0.1, 0.15) is 17.4 Å². The van der Waals surface area contributed by atoms with Crippen molar-refractivity contribution < 1.29 is 23.1 Å². The first kappa shape index (κ1) is 21.3. The van der Waals surface area contributed by atoms with E-state index in [1.807, 2.05) is 6.92 Å². The van der Waals surface area contributed by atoms with Crippen LogP contribution in [0.2, 0.25) is 5.02 Å². The summed E-state index contributed by atoms with van der Waals surface area (Å²) in [6, 6.07) is 11.1. The highest BCUT2D eigenvalue weighted by Gasteiger charge is 2.17. The highest BCUT2D eigenvalue weighted by atomic mass is 35.5. The van der Waals surface area contributed by atoms with E-state index < -0.39 is 24.2 Å². The second kappa shape index (κ2) is 8.96. The van der Waals surface area contributed by atoms with Crippen molar-refractivity contribution in [2.45, 2.75) is 13.8 Å². The molecule has 0 aliphatic rings. The highest BCUT2D eigenvalue weighted by molar-refractivity contribution is 6.32. The SMILES string of the molecule is Cc1cc(C(=O)NNC(=O)COc2ccc(F)cc2Cl)c(C)n1-c1ccc(F)cc1. The maximum absolute atomic E-state index is 13.2. The number of carbonyl (C=O) groups excluding carboxylic acids is 2. The molecule has 1 aromatic heterocycles. The van der Waals surface area contributed by atoms with Crippen LogP contribution in [0.15, 0.2) is 48.5 Å². The lowest BCUT2D eigenvalue weighted by Crippen LogP contribution is -2.44. The van der Waals surface area contributed by atoms with E-state index in [0.717, 1.165) is 17.8 Å². The van der Waals surface area contributed by atoms with E-state index in [-0.39, 0.29) is 16.6 Å². The molecule has 1 heterocycles. The third kappa shape index (κ3) is 4.77. The van der Waals surface area contributed by atoms with Crippen LogP contribution >= 0.6 is 11.6 Å². The number of amides is 2. The summed E-state index contributed by atoms with van der Waals surface area (Å²) in [5.41, 5.74) is 7.01. The van der Waals surface area contributed by atoms with Crippen LogP contribution in [0.1, 0.15) is 21.7 Å². The summed E-state index contributed by atoms with van der Waals surface area (Å²) >= 11 is 5.82. The van der Waals surface area contributed by atoms with Gasteiger partial charge >= 0.3 is 0 Å². The van der Waals surface area contributed by atoms with E-state index in [1.54, 1.807) is 29.7 Å². The Balaban J connectivity index is 1.61. The van der Waals surface area contributed by atoms with Gasteiger partial charge in [-0.15, -0.1) is 0 Å². The maximum Gasteiger partial charge on any atom is 0.276 e. The molecule has 0 aliphatic carbocycles. The van der Waals surface area contributed by atoms with Gasteiger partial charge in [-0.1, -0.05) is 11.6 Å². The zero-order chi connectivity index (χ0) is 21.8. The molecule has 2 aromatic carbocycles. The van der Waals surface area contributed by atoms with Gasteiger partial charge in [0.2, 0.25) is 0 Å². The standard InChI is InChI=1S/C21H18ClF2N3O3/c1-12-9-17(13(2)27(12)16-6-3-14(23)4-7-16)21(29)26-25-20(28)11-30-19-8-5-15(24)10-18(19)22/h3-10H,11H2,1-2H3,(H,25,28)(H,26,29). The lowest BCUT2D eigenvalue weighted by atomic mass is 10.2. The molecule has 30 heavy (non-hydrogen) atoms. The Bertz CT molecular complexity index is 1100. The summed E-state index contributed by atoms with van der Waals surface area (Å²) in [5.74, 6) is -1.89. The molecule has 9 heteroatoms. The van der Waals surface area contributed by atoms with Crippen molar-refractivity contribution in [1.29, 1.82) is 0 Å². The van der Waals surface area contributed by atoms with Gasteiger partial charge in [-0.25, -0.2) is 8.78 Å². The van der Waals surface area contributed by atoms with E-state index >= 15 is 0 Å². The molecule has 0 unspecified atom stereocenters. The molecular formula is C21H18ClF2N3O3. The first-order valence-electron chi connectivity index (χ1n) is 8.88. The molecule has 2 N–H and O–H groups in total. The Morgan fingerprint density at radius 3 is 2.33 bits per heavy atom. The van der Waals surface area contributed by atoms with Crippen LogP contribution in [-0.4, -0.2) is 23.0 Å². The number of carbonyl (C=O) groups is 2. The number of ether oxygens (including phenoxy) is 1. The molecule has 3 rings (SSSR count). The van der Waals surface area contributed by atoms with Gasteiger partial charge < -0.3 is 9.30 Å². The van der Waals surface area contributed by atoms with Crippen molar-refractivity contribution in [3.8, 4) is 11.4 Å². The summed E-state index contributed by atoms with van der Waals surface area (Å²) in [6.07, 6.45) is 0. The van der Waals surface area contributed by atoms with Gasteiger partial charge in [-0.2, -0.15) is 0 Å². The van der Waals surface area contributed by atoms with Crippen LogP contribution in [0.5, 0.6) is 5.75 Å². The van der Waals surface area contributed by atoms with Crippen molar-refractivity contribution in [3.63, 3.8) is 0 Å². The lowest BCUT2D eigenvalue weighted by Gasteiger charge is -2.11. The van der Waals surface area contributed by atoms with Crippen LogP contribution in [0.4, 0.5) is 8.78 Å².